The van der Waals surface area contributed by atoms with Gasteiger partial charge in [0, 0.05) is 39.5 Å². The lowest BCUT2D eigenvalue weighted by atomic mass is 10.1. The van der Waals surface area contributed by atoms with Gasteiger partial charge in [-0.3, -0.25) is 9.69 Å². The van der Waals surface area contributed by atoms with Gasteiger partial charge in [-0.25, -0.2) is 4.98 Å². The topological polar surface area (TPSA) is 50.1 Å². The van der Waals surface area contributed by atoms with Gasteiger partial charge in [0.15, 0.2) is 5.69 Å². The summed E-state index contributed by atoms with van der Waals surface area (Å²) in [4.78, 5) is 22.5. The first-order valence-corrected chi connectivity index (χ1v) is 10.1. The first kappa shape index (κ1) is 18.4. The molecule has 0 aromatic carbocycles. The van der Waals surface area contributed by atoms with Gasteiger partial charge in [-0.15, -0.1) is 0 Å². The number of imidazole rings is 1. The largest absolute Gasteiger partial charge is 0.384 e. The zero-order valence-corrected chi connectivity index (χ0v) is 16.5. The first-order chi connectivity index (χ1) is 13.2. The zero-order valence-electron chi connectivity index (χ0n) is 16.5. The van der Waals surface area contributed by atoms with Crippen molar-refractivity contribution in [3.8, 4) is 0 Å². The third-order valence-electron chi connectivity index (χ3n) is 5.94. The predicted molar refractivity (Wildman–Crippen MR) is 105 cm³/mol. The Kier molecular flexibility index (Phi) is 5.45. The van der Waals surface area contributed by atoms with Gasteiger partial charge in [0.25, 0.3) is 5.91 Å². The number of carbonyl (C=O) groups excluding carboxylic acids is 1. The van der Waals surface area contributed by atoms with Crippen molar-refractivity contribution < 1.29 is 9.53 Å². The summed E-state index contributed by atoms with van der Waals surface area (Å²) in [5.74, 6) is 0.678. The minimum atomic E-state index is 0.0976. The molecule has 4 rings (SSSR count). The van der Waals surface area contributed by atoms with Crippen LogP contribution >= 0.6 is 0 Å². The Morgan fingerprint density at radius 3 is 2.85 bits per heavy atom. The SMILES string of the molecule is COCC1CCN(Cc2c(C(=O)N3CCCCC3)nc3c(C)cccn23)C1. The summed E-state index contributed by atoms with van der Waals surface area (Å²) in [7, 11) is 1.77. The second-order valence-corrected chi connectivity index (χ2v) is 7.99. The van der Waals surface area contributed by atoms with E-state index in [1.54, 1.807) is 7.11 Å². The smallest absolute Gasteiger partial charge is 0.274 e. The fraction of sp³-hybridized carbons (Fsp3) is 0.619. The van der Waals surface area contributed by atoms with E-state index < -0.39 is 0 Å². The van der Waals surface area contributed by atoms with Crippen LogP contribution in [0.1, 0.15) is 47.4 Å². The van der Waals surface area contributed by atoms with Crippen LogP contribution in [0.4, 0.5) is 0 Å². The van der Waals surface area contributed by atoms with Crippen LogP contribution in [0, 0.1) is 12.8 Å². The van der Waals surface area contributed by atoms with Crippen LogP contribution in [0.3, 0.4) is 0 Å². The normalized spacial score (nSPS) is 21.3. The maximum atomic E-state index is 13.3. The number of fused-ring (bicyclic) bond motifs is 1. The molecule has 2 aliphatic rings. The second-order valence-electron chi connectivity index (χ2n) is 7.99. The molecule has 6 heteroatoms. The Hall–Kier alpha value is -1.92. The average molecular weight is 370 g/mol. The molecule has 2 aromatic rings. The van der Waals surface area contributed by atoms with E-state index in [2.05, 4.69) is 22.3 Å². The molecule has 0 radical (unpaired) electrons. The molecule has 2 fully saturated rings. The number of rotatable bonds is 5. The molecule has 0 bridgehead atoms. The van der Waals surface area contributed by atoms with Crippen molar-refractivity contribution in [1.29, 1.82) is 0 Å². The third-order valence-corrected chi connectivity index (χ3v) is 5.94. The van der Waals surface area contributed by atoms with Gasteiger partial charge in [0.1, 0.15) is 5.65 Å². The van der Waals surface area contributed by atoms with Gasteiger partial charge in [0.2, 0.25) is 0 Å². The Morgan fingerprint density at radius 2 is 2.07 bits per heavy atom. The van der Waals surface area contributed by atoms with Gasteiger partial charge in [-0.05, 0) is 56.7 Å². The number of aromatic nitrogens is 2. The zero-order chi connectivity index (χ0) is 18.8. The number of amides is 1. The summed E-state index contributed by atoms with van der Waals surface area (Å²) in [5.41, 5.74) is 3.68. The highest BCUT2D eigenvalue weighted by Gasteiger charge is 2.29. The molecule has 1 amide bonds. The summed E-state index contributed by atoms with van der Waals surface area (Å²) in [6.45, 7) is 7.40. The van der Waals surface area contributed by atoms with Gasteiger partial charge < -0.3 is 14.0 Å². The van der Waals surface area contributed by atoms with Crippen molar-refractivity contribution in [2.75, 3.05) is 39.9 Å². The number of hydrogen-bond acceptors (Lipinski definition) is 4. The van der Waals surface area contributed by atoms with Crippen LogP contribution in [0.2, 0.25) is 0 Å². The van der Waals surface area contributed by atoms with Crippen molar-refractivity contribution in [3.05, 3.63) is 35.3 Å². The predicted octanol–water partition coefficient (Wildman–Crippen LogP) is 2.74. The van der Waals surface area contributed by atoms with E-state index in [1.165, 1.54) is 6.42 Å². The van der Waals surface area contributed by atoms with Crippen molar-refractivity contribution >= 4 is 11.6 Å². The standard InChI is InChI=1S/C21H30N4O2/c1-16-7-6-11-25-18(14-23-12-8-17(13-23)15-27-2)19(22-20(16)25)21(26)24-9-4-3-5-10-24/h6-7,11,17H,3-5,8-10,12-15H2,1-2H3. The van der Waals surface area contributed by atoms with E-state index in [-0.39, 0.29) is 5.91 Å². The van der Waals surface area contributed by atoms with Gasteiger partial charge in [-0.2, -0.15) is 0 Å². The number of ether oxygens (including phenoxy) is 1. The highest BCUT2D eigenvalue weighted by atomic mass is 16.5. The summed E-state index contributed by atoms with van der Waals surface area (Å²) in [6, 6.07) is 4.10. The van der Waals surface area contributed by atoms with E-state index in [0.717, 1.165) is 75.5 Å². The number of methoxy groups -OCH3 is 1. The lowest BCUT2D eigenvalue weighted by Gasteiger charge is -2.26. The number of nitrogens with zero attached hydrogens (tertiary/aromatic N) is 4. The summed E-state index contributed by atoms with van der Waals surface area (Å²) in [6.07, 6.45) is 6.60. The molecule has 0 N–H and O–H groups in total. The molecule has 1 unspecified atom stereocenters. The average Bonchev–Trinajstić information content (AvgIpc) is 3.28. The summed E-state index contributed by atoms with van der Waals surface area (Å²) >= 11 is 0. The van der Waals surface area contributed by atoms with Gasteiger partial charge in [-0.1, -0.05) is 6.07 Å². The number of pyridine rings is 1. The van der Waals surface area contributed by atoms with Crippen LogP contribution in [0.25, 0.3) is 5.65 Å². The van der Waals surface area contributed by atoms with Crippen LogP contribution in [0.15, 0.2) is 18.3 Å². The first-order valence-electron chi connectivity index (χ1n) is 10.1. The molecular weight excluding hydrogens is 340 g/mol. The maximum Gasteiger partial charge on any atom is 0.274 e. The number of hydrogen-bond donors (Lipinski definition) is 0. The Labute approximate surface area is 161 Å². The summed E-state index contributed by atoms with van der Waals surface area (Å²) < 4.78 is 7.45. The minimum absolute atomic E-state index is 0.0976. The van der Waals surface area contributed by atoms with Crippen LogP contribution < -0.4 is 0 Å². The van der Waals surface area contributed by atoms with Gasteiger partial charge in [0.05, 0.1) is 12.3 Å². The van der Waals surface area contributed by atoms with Gasteiger partial charge >= 0.3 is 0 Å². The molecule has 6 nitrogen and oxygen atoms in total. The minimum Gasteiger partial charge on any atom is -0.384 e. The quantitative estimate of drug-likeness (QED) is 0.812. The van der Waals surface area contributed by atoms with Crippen molar-refractivity contribution in [1.82, 2.24) is 19.2 Å². The fourth-order valence-electron chi connectivity index (χ4n) is 4.46. The molecule has 1 atom stereocenters. The molecule has 0 spiro atoms. The van der Waals surface area contributed by atoms with E-state index in [4.69, 9.17) is 9.72 Å². The van der Waals surface area contributed by atoms with E-state index in [1.807, 2.05) is 17.2 Å². The molecule has 27 heavy (non-hydrogen) atoms. The molecule has 4 heterocycles. The second kappa shape index (κ2) is 7.98. The van der Waals surface area contributed by atoms with Crippen molar-refractivity contribution in [3.63, 3.8) is 0 Å². The monoisotopic (exact) mass is 370 g/mol. The van der Waals surface area contributed by atoms with E-state index in [0.29, 0.717) is 11.6 Å². The number of likely N-dealkylation sites (tertiary alicyclic amines) is 2. The number of piperidine rings is 1. The third kappa shape index (κ3) is 3.73. The van der Waals surface area contributed by atoms with Crippen molar-refractivity contribution in [2.24, 2.45) is 5.92 Å². The number of carbonyl (C=O) groups is 1. The summed E-state index contributed by atoms with van der Waals surface area (Å²) in [5, 5.41) is 0. The lowest BCUT2D eigenvalue weighted by molar-refractivity contribution is 0.0716. The lowest BCUT2D eigenvalue weighted by Crippen LogP contribution is -2.36. The fourth-order valence-corrected chi connectivity index (χ4v) is 4.46. The van der Waals surface area contributed by atoms with Crippen molar-refractivity contribution in [2.45, 2.75) is 39.2 Å². The van der Waals surface area contributed by atoms with E-state index in [9.17, 15) is 4.79 Å². The maximum absolute atomic E-state index is 13.3. The molecule has 0 saturated carbocycles. The highest BCUT2D eigenvalue weighted by molar-refractivity contribution is 5.94. The molecule has 2 saturated heterocycles. The Bertz CT molecular complexity index is 810. The highest BCUT2D eigenvalue weighted by Crippen LogP contribution is 2.24. The van der Waals surface area contributed by atoms with Crippen LogP contribution in [-0.4, -0.2) is 65.0 Å². The molecule has 146 valence electrons. The van der Waals surface area contributed by atoms with Crippen LogP contribution in [0.5, 0.6) is 0 Å². The molecular formula is C21H30N4O2. The van der Waals surface area contributed by atoms with E-state index >= 15 is 0 Å². The Morgan fingerprint density at radius 1 is 1.26 bits per heavy atom. The molecule has 2 aromatic heterocycles. The molecule has 0 aliphatic carbocycles. The number of aryl methyl sites for hydroxylation is 1. The molecule has 2 aliphatic heterocycles. The van der Waals surface area contributed by atoms with Crippen LogP contribution in [-0.2, 0) is 11.3 Å². The Balaban J connectivity index is 1.65.